The van der Waals surface area contributed by atoms with Crippen molar-refractivity contribution in [2.75, 3.05) is 10.6 Å². The van der Waals surface area contributed by atoms with Gasteiger partial charge in [0.25, 0.3) is 0 Å². The Morgan fingerprint density at radius 1 is 1.03 bits per heavy atom. The molecular formula is C24H18ClF4N7O. The van der Waals surface area contributed by atoms with Gasteiger partial charge in [-0.3, -0.25) is 9.48 Å². The molecule has 0 atom stereocenters. The van der Waals surface area contributed by atoms with Gasteiger partial charge in [0.15, 0.2) is 0 Å². The van der Waals surface area contributed by atoms with Crippen LogP contribution in [0.2, 0.25) is 5.15 Å². The fourth-order valence-corrected chi connectivity index (χ4v) is 3.79. The molecule has 0 bridgehead atoms. The molecule has 190 valence electrons. The van der Waals surface area contributed by atoms with Crippen molar-refractivity contribution >= 4 is 34.8 Å². The minimum absolute atomic E-state index is 0.0612. The maximum atomic E-state index is 14.7. The van der Waals surface area contributed by atoms with E-state index >= 15 is 0 Å². The van der Waals surface area contributed by atoms with E-state index in [4.69, 9.17) is 11.6 Å². The normalized spacial score (nSPS) is 13.4. The molecular weight excluding hydrogens is 514 g/mol. The monoisotopic (exact) mass is 531 g/mol. The number of aromatic nitrogens is 5. The molecule has 3 aromatic heterocycles. The fourth-order valence-electron chi connectivity index (χ4n) is 3.58. The average Bonchev–Trinajstić information content (AvgIpc) is 3.60. The summed E-state index contributed by atoms with van der Waals surface area (Å²) in [6.45, 7) is 0. The van der Waals surface area contributed by atoms with Crippen molar-refractivity contribution in [1.82, 2.24) is 24.7 Å². The lowest BCUT2D eigenvalue weighted by molar-refractivity contribution is -0.137. The zero-order valence-corrected chi connectivity index (χ0v) is 19.7. The predicted octanol–water partition coefficient (Wildman–Crippen LogP) is 5.81. The molecule has 0 radical (unpaired) electrons. The zero-order chi connectivity index (χ0) is 26.2. The summed E-state index contributed by atoms with van der Waals surface area (Å²) in [6, 6.07) is 5.39. The van der Waals surface area contributed by atoms with Gasteiger partial charge in [-0.1, -0.05) is 23.7 Å². The number of nitrogens with one attached hydrogen (secondary N) is 2. The van der Waals surface area contributed by atoms with E-state index in [1.54, 1.807) is 12.3 Å². The summed E-state index contributed by atoms with van der Waals surface area (Å²) >= 11 is 5.48. The Balaban J connectivity index is 1.22. The van der Waals surface area contributed by atoms with Crippen LogP contribution in [0.4, 0.5) is 34.9 Å². The topological polar surface area (TPSA) is 97.6 Å². The summed E-state index contributed by atoms with van der Waals surface area (Å²) in [4.78, 5) is 24.3. The lowest BCUT2D eigenvalue weighted by Crippen LogP contribution is -2.16. The molecule has 13 heteroatoms. The lowest BCUT2D eigenvalue weighted by Gasteiger charge is -2.11. The largest absolute Gasteiger partial charge is 0.419 e. The van der Waals surface area contributed by atoms with Crippen LogP contribution in [0.3, 0.4) is 0 Å². The van der Waals surface area contributed by atoms with E-state index in [1.807, 2.05) is 10.9 Å². The van der Waals surface area contributed by atoms with Crippen molar-refractivity contribution in [3.05, 3.63) is 77.3 Å². The molecule has 1 aliphatic rings. The second-order valence-corrected chi connectivity index (χ2v) is 8.81. The van der Waals surface area contributed by atoms with Crippen molar-refractivity contribution in [3.63, 3.8) is 0 Å². The van der Waals surface area contributed by atoms with Gasteiger partial charge in [-0.2, -0.15) is 18.3 Å². The summed E-state index contributed by atoms with van der Waals surface area (Å²) in [6.07, 6.45) is 4.75. The van der Waals surface area contributed by atoms with Crippen molar-refractivity contribution < 1.29 is 22.4 Å². The third-order valence-corrected chi connectivity index (χ3v) is 5.90. The molecule has 0 saturated heterocycles. The molecule has 3 heterocycles. The van der Waals surface area contributed by atoms with E-state index < -0.39 is 35.0 Å². The van der Waals surface area contributed by atoms with E-state index in [0.717, 1.165) is 24.7 Å². The first-order valence-electron chi connectivity index (χ1n) is 11.1. The molecule has 1 amide bonds. The van der Waals surface area contributed by atoms with Crippen molar-refractivity contribution in [1.29, 1.82) is 0 Å². The minimum Gasteiger partial charge on any atom is -0.324 e. The van der Waals surface area contributed by atoms with Gasteiger partial charge in [-0.15, -0.1) is 0 Å². The summed E-state index contributed by atoms with van der Waals surface area (Å²) < 4.78 is 55.6. The highest BCUT2D eigenvalue weighted by Gasteiger charge is 2.34. The van der Waals surface area contributed by atoms with E-state index in [0.29, 0.717) is 29.2 Å². The van der Waals surface area contributed by atoms with E-state index in [1.165, 1.54) is 24.5 Å². The number of hydrogen-bond acceptors (Lipinski definition) is 6. The third kappa shape index (κ3) is 5.85. The molecule has 1 saturated carbocycles. The number of carbonyl (C=O) groups is 1. The second-order valence-electron chi connectivity index (χ2n) is 8.45. The molecule has 2 N–H and O–H groups in total. The highest BCUT2D eigenvalue weighted by Crippen LogP contribution is 2.35. The van der Waals surface area contributed by atoms with Crippen LogP contribution in [0.15, 0.2) is 55.2 Å². The standard InChI is InChI=1S/C24H18ClF4N7O/c25-22-19(24(27,28)29)7-16(10-30-22)34-21(37)6-14-2-1-13(5-20(14)26)15-8-31-23(32-9-15)35-17-11-33-36(12-17)18-3-4-18/h1-2,5,7-12,18H,3-4,6H2,(H,34,37)(H,31,32,35). The van der Waals surface area contributed by atoms with Gasteiger partial charge < -0.3 is 10.6 Å². The smallest absolute Gasteiger partial charge is 0.324 e. The maximum absolute atomic E-state index is 14.7. The first-order valence-corrected chi connectivity index (χ1v) is 11.5. The van der Waals surface area contributed by atoms with E-state index in [2.05, 4.69) is 30.7 Å². The molecule has 8 nitrogen and oxygen atoms in total. The molecule has 4 aromatic rings. The van der Waals surface area contributed by atoms with Gasteiger partial charge in [0.05, 0.1) is 41.8 Å². The summed E-state index contributed by atoms with van der Waals surface area (Å²) in [5, 5.41) is 8.91. The Morgan fingerprint density at radius 3 is 2.46 bits per heavy atom. The van der Waals surface area contributed by atoms with Crippen molar-refractivity contribution in [3.8, 4) is 11.1 Å². The molecule has 1 fully saturated rings. The predicted molar refractivity (Wildman–Crippen MR) is 128 cm³/mol. The van der Waals surface area contributed by atoms with Gasteiger partial charge in [0, 0.05) is 24.2 Å². The summed E-state index contributed by atoms with van der Waals surface area (Å²) in [5.41, 5.74) is 0.486. The zero-order valence-electron chi connectivity index (χ0n) is 18.9. The van der Waals surface area contributed by atoms with E-state index in [9.17, 15) is 22.4 Å². The maximum Gasteiger partial charge on any atom is 0.419 e. The Labute approximate surface area is 212 Å². The number of halogens is 5. The number of rotatable bonds is 7. The van der Waals surface area contributed by atoms with Crippen LogP contribution in [0.25, 0.3) is 11.1 Å². The van der Waals surface area contributed by atoms with Crippen molar-refractivity contribution in [2.24, 2.45) is 0 Å². The van der Waals surface area contributed by atoms with Crippen LogP contribution in [0.1, 0.15) is 30.0 Å². The Morgan fingerprint density at radius 2 is 1.78 bits per heavy atom. The van der Waals surface area contributed by atoms with Crippen LogP contribution in [0, 0.1) is 5.82 Å². The molecule has 1 aromatic carbocycles. The highest BCUT2D eigenvalue weighted by atomic mass is 35.5. The van der Waals surface area contributed by atoms with Crippen LogP contribution in [-0.4, -0.2) is 30.6 Å². The Hall–Kier alpha value is -4.06. The second kappa shape index (κ2) is 9.77. The molecule has 0 unspecified atom stereocenters. The first-order chi connectivity index (χ1) is 17.7. The number of hydrogen-bond donors (Lipinski definition) is 2. The van der Waals surface area contributed by atoms with Gasteiger partial charge in [-0.05, 0) is 36.1 Å². The number of anilines is 3. The third-order valence-electron chi connectivity index (χ3n) is 5.60. The quantitative estimate of drug-likeness (QED) is 0.231. The van der Waals surface area contributed by atoms with Gasteiger partial charge >= 0.3 is 6.18 Å². The molecule has 0 spiro atoms. The molecule has 37 heavy (non-hydrogen) atoms. The van der Waals surface area contributed by atoms with Crippen molar-refractivity contribution in [2.45, 2.75) is 31.5 Å². The lowest BCUT2D eigenvalue weighted by atomic mass is 10.0. The molecule has 1 aliphatic carbocycles. The summed E-state index contributed by atoms with van der Waals surface area (Å²) in [7, 11) is 0. The average molecular weight is 532 g/mol. The number of amides is 1. The summed E-state index contributed by atoms with van der Waals surface area (Å²) in [5.74, 6) is -1.02. The van der Waals surface area contributed by atoms with Gasteiger partial charge in [0.2, 0.25) is 11.9 Å². The highest BCUT2D eigenvalue weighted by molar-refractivity contribution is 6.30. The number of benzene rings is 1. The number of alkyl halides is 3. The van der Waals surface area contributed by atoms with Gasteiger partial charge in [0.1, 0.15) is 11.0 Å². The van der Waals surface area contributed by atoms with Crippen LogP contribution < -0.4 is 10.6 Å². The van der Waals surface area contributed by atoms with Gasteiger partial charge in [-0.25, -0.2) is 19.3 Å². The number of carbonyl (C=O) groups excluding carboxylic acids is 1. The van der Waals surface area contributed by atoms with Crippen LogP contribution in [-0.2, 0) is 17.4 Å². The first kappa shape index (κ1) is 24.6. The number of pyridine rings is 1. The Kier molecular flexibility index (Phi) is 6.50. The molecule has 0 aliphatic heterocycles. The van der Waals surface area contributed by atoms with Crippen LogP contribution >= 0.6 is 11.6 Å². The SMILES string of the molecule is O=C(Cc1ccc(-c2cnc(Nc3cnn(C4CC4)c3)nc2)cc1F)Nc1cnc(Cl)c(C(F)(F)F)c1. The number of nitrogens with zero attached hydrogens (tertiary/aromatic N) is 5. The van der Waals surface area contributed by atoms with Crippen LogP contribution in [0.5, 0.6) is 0 Å². The fraction of sp³-hybridized carbons (Fsp3) is 0.208. The Bertz CT molecular complexity index is 1450. The van der Waals surface area contributed by atoms with E-state index in [-0.39, 0.29) is 11.3 Å². The minimum atomic E-state index is -4.73. The molecule has 5 rings (SSSR count).